The summed E-state index contributed by atoms with van der Waals surface area (Å²) in [5, 5.41) is 10.9. The van der Waals surface area contributed by atoms with Gasteiger partial charge in [0.25, 0.3) is 5.91 Å². The zero-order valence-corrected chi connectivity index (χ0v) is 14.7. The molecule has 0 aliphatic rings. The van der Waals surface area contributed by atoms with Crippen molar-refractivity contribution >= 4 is 5.91 Å². The molecule has 3 aromatic rings. The Kier molecular flexibility index (Phi) is 5.17. The second-order valence-corrected chi connectivity index (χ2v) is 5.58. The number of aryl methyl sites for hydroxylation is 1. The number of rotatable bonds is 6. The van der Waals surface area contributed by atoms with Crippen molar-refractivity contribution in [2.45, 2.75) is 13.0 Å². The van der Waals surface area contributed by atoms with Gasteiger partial charge in [-0.3, -0.25) is 4.79 Å². The van der Waals surface area contributed by atoms with E-state index < -0.39 is 6.04 Å². The molecule has 134 valence electrons. The maximum atomic E-state index is 12.8. The number of methoxy groups -OCH3 is 2. The summed E-state index contributed by atoms with van der Waals surface area (Å²) in [6, 6.07) is 13.8. The quantitative estimate of drug-likeness (QED) is 0.733. The molecule has 0 spiro atoms. The van der Waals surface area contributed by atoms with Crippen molar-refractivity contribution in [3.63, 3.8) is 0 Å². The molecule has 3 rings (SSSR count). The van der Waals surface area contributed by atoms with Crippen LogP contribution in [-0.2, 0) is 0 Å². The van der Waals surface area contributed by atoms with E-state index in [1.165, 1.54) is 14.2 Å². The van der Waals surface area contributed by atoms with Crippen LogP contribution in [0.2, 0.25) is 0 Å². The van der Waals surface area contributed by atoms with Crippen molar-refractivity contribution in [3.8, 4) is 11.5 Å². The monoisotopic (exact) mass is 353 g/mol. The maximum Gasteiger partial charge on any atom is 0.252 e. The number of benzene rings is 2. The molecule has 0 fully saturated rings. The van der Waals surface area contributed by atoms with Crippen molar-refractivity contribution in [1.82, 2.24) is 15.5 Å². The van der Waals surface area contributed by atoms with E-state index in [2.05, 4.69) is 15.5 Å². The summed E-state index contributed by atoms with van der Waals surface area (Å²) in [6.45, 7) is 1.70. The highest BCUT2D eigenvalue weighted by molar-refractivity contribution is 5.95. The number of nitrogens with zero attached hydrogens (tertiary/aromatic N) is 2. The van der Waals surface area contributed by atoms with Crippen LogP contribution in [0.5, 0.6) is 11.5 Å². The van der Waals surface area contributed by atoms with Gasteiger partial charge in [0, 0.05) is 18.6 Å². The highest BCUT2D eigenvalue weighted by Crippen LogP contribution is 2.25. The summed E-state index contributed by atoms with van der Waals surface area (Å²) < 4.78 is 16.0. The number of carbonyl (C=O) groups is 1. The molecule has 1 amide bonds. The molecule has 0 saturated heterocycles. The third-order valence-electron chi connectivity index (χ3n) is 3.81. The lowest BCUT2D eigenvalue weighted by Crippen LogP contribution is -2.29. The first-order valence-electron chi connectivity index (χ1n) is 7.99. The second-order valence-electron chi connectivity index (χ2n) is 5.58. The molecule has 0 radical (unpaired) electrons. The fourth-order valence-electron chi connectivity index (χ4n) is 2.51. The predicted molar refractivity (Wildman–Crippen MR) is 94.3 cm³/mol. The van der Waals surface area contributed by atoms with Crippen LogP contribution in [-0.4, -0.2) is 30.3 Å². The Bertz CT molecular complexity index is 871. The molecule has 1 unspecified atom stereocenters. The van der Waals surface area contributed by atoms with Gasteiger partial charge in [0.15, 0.2) is 0 Å². The minimum atomic E-state index is -0.568. The molecule has 1 heterocycles. The van der Waals surface area contributed by atoms with E-state index in [1.807, 2.05) is 30.3 Å². The van der Waals surface area contributed by atoms with Crippen LogP contribution < -0.4 is 14.8 Å². The standard InChI is InChI=1S/C19H19N3O4/c1-12-21-22-19(26-12)17(13-7-5-4-6-8-13)20-18(23)14-9-15(24-2)11-16(10-14)25-3/h4-11,17H,1-3H3,(H,20,23). The molecule has 0 bridgehead atoms. The van der Waals surface area contributed by atoms with E-state index in [-0.39, 0.29) is 5.91 Å². The first kappa shape index (κ1) is 17.5. The van der Waals surface area contributed by atoms with E-state index in [4.69, 9.17) is 13.9 Å². The minimum absolute atomic E-state index is 0.313. The second kappa shape index (κ2) is 7.69. The number of aromatic nitrogens is 2. The van der Waals surface area contributed by atoms with Crippen molar-refractivity contribution in [2.24, 2.45) is 0 Å². The van der Waals surface area contributed by atoms with Crippen molar-refractivity contribution in [2.75, 3.05) is 14.2 Å². The van der Waals surface area contributed by atoms with E-state index >= 15 is 0 Å². The molecular formula is C19H19N3O4. The Morgan fingerprint density at radius 3 is 2.23 bits per heavy atom. The first-order chi connectivity index (χ1) is 12.6. The number of hydrogen-bond acceptors (Lipinski definition) is 6. The molecule has 0 saturated carbocycles. The number of nitrogens with one attached hydrogen (secondary N) is 1. The fraction of sp³-hybridized carbons (Fsp3) is 0.211. The molecule has 7 nitrogen and oxygen atoms in total. The number of ether oxygens (including phenoxy) is 2. The zero-order chi connectivity index (χ0) is 18.5. The van der Waals surface area contributed by atoms with Crippen molar-refractivity contribution < 1.29 is 18.7 Å². The van der Waals surface area contributed by atoms with E-state index in [9.17, 15) is 4.79 Å². The van der Waals surface area contributed by atoms with Gasteiger partial charge in [-0.1, -0.05) is 30.3 Å². The van der Waals surface area contributed by atoms with Gasteiger partial charge in [0.2, 0.25) is 11.8 Å². The summed E-state index contributed by atoms with van der Waals surface area (Å²) in [6.07, 6.45) is 0. The molecule has 7 heteroatoms. The Labute approximate surface area is 151 Å². The maximum absolute atomic E-state index is 12.8. The van der Waals surface area contributed by atoms with Gasteiger partial charge in [0.1, 0.15) is 17.5 Å². The average molecular weight is 353 g/mol. The molecule has 1 atom stereocenters. The lowest BCUT2D eigenvalue weighted by Gasteiger charge is -2.16. The highest BCUT2D eigenvalue weighted by atomic mass is 16.5. The summed E-state index contributed by atoms with van der Waals surface area (Å²) in [5.74, 6) is 1.49. The summed E-state index contributed by atoms with van der Waals surface area (Å²) in [4.78, 5) is 12.8. The fourth-order valence-corrected chi connectivity index (χ4v) is 2.51. The van der Waals surface area contributed by atoms with Gasteiger partial charge in [-0.15, -0.1) is 10.2 Å². The van der Waals surface area contributed by atoms with Gasteiger partial charge in [0.05, 0.1) is 14.2 Å². The van der Waals surface area contributed by atoms with Crippen LogP contribution in [0.25, 0.3) is 0 Å². The SMILES string of the molecule is COc1cc(OC)cc(C(=O)NC(c2ccccc2)c2nnc(C)o2)c1. The molecule has 2 aromatic carbocycles. The minimum Gasteiger partial charge on any atom is -0.497 e. The largest absolute Gasteiger partial charge is 0.497 e. The lowest BCUT2D eigenvalue weighted by molar-refractivity contribution is 0.0937. The third-order valence-corrected chi connectivity index (χ3v) is 3.81. The highest BCUT2D eigenvalue weighted by Gasteiger charge is 2.23. The Balaban J connectivity index is 1.93. The average Bonchev–Trinajstić information content (AvgIpc) is 3.12. The molecule has 26 heavy (non-hydrogen) atoms. The van der Waals surface area contributed by atoms with Crippen LogP contribution in [0.1, 0.15) is 33.7 Å². The number of hydrogen-bond donors (Lipinski definition) is 1. The van der Waals surface area contributed by atoms with E-state index in [1.54, 1.807) is 25.1 Å². The van der Waals surface area contributed by atoms with Gasteiger partial charge >= 0.3 is 0 Å². The number of amides is 1. The molecule has 0 aliphatic heterocycles. The summed E-state index contributed by atoms with van der Waals surface area (Å²) in [7, 11) is 3.06. The van der Waals surface area contributed by atoms with E-state index in [0.717, 1.165) is 5.56 Å². The third kappa shape index (κ3) is 3.83. The van der Waals surface area contributed by atoms with Crippen LogP contribution in [0.4, 0.5) is 0 Å². The molecular weight excluding hydrogens is 334 g/mol. The number of carbonyl (C=O) groups excluding carboxylic acids is 1. The normalized spacial score (nSPS) is 11.7. The molecule has 1 N–H and O–H groups in total. The Hall–Kier alpha value is -3.35. The zero-order valence-electron chi connectivity index (χ0n) is 14.7. The Morgan fingerprint density at radius 1 is 1.04 bits per heavy atom. The van der Waals surface area contributed by atoms with E-state index in [0.29, 0.717) is 28.8 Å². The van der Waals surface area contributed by atoms with Crippen LogP contribution in [0, 0.1) is 6.92 Å². The van der Waals surface area contributed by atoms with Gasteiger partial charge < -0.3 is 19.2 Å². The topological polar surface area (TPSA) is 86.5 Å². The lowest BCUT2D eigenvalue weighted by atomic mass is 10.1. The van der Waals surface area contributed by atoms with Gasteiger partial charge in [-0.25, -0.2) is 0 Å². The molecule has 1 aromatic heterocycles. The summed E-state index contributed by atoms with van der Waals surface area (Å²) in [5.41, 5.74) is 1.23. The van der Waals surface area contributed by atoms with Gasteiger partial charge in [-0.05, 0) is 17.7 Å². The Morgan fingerprint density at radius 2 is 1.69 bits per heavy atom. The molecule has 0 aliphatic carbocycles. The van der Waals surface area contributed by atoms with Crippen LogP contribution in [0.3, 0.4) is 0 Å². The van der Waals surface area contributed by atoms with Crippen molar-refractivity contribution in [3.05, 3.63) is 71.4 Å². The predicted octanol–water partition coefficient (Wildman–Crippen LogP) is 2.91. The van der Waals surface area contributed by atoms with Crippen LogP contribution in [0.15, 0.2) is 52.9 Å². The summed E-state index contributed by atoms with van der Waals surface area (Å²) >= 11 is 0. The van der Waals surface area contributed by atoms with Gasteiger partial charge in [-0.2, -0.15) is 0 Å². The van der Waals surface area contributed by atoms with Crippen LogP contribution >= 0.6 is 0 Å². The first-order valence-corrected chi connectivity index (χ1v) is 7.99. The van der Waals surface area contributed by atoms with Crippen molar-refractivity contribution in [1.29, 1.82) is 0 Å². The smallest absolute Gasteiger partial charge is 0.252 e.